The zero-order valence-electron chi connectivity index (χ0n) is 10.1. The summed E-state index contributed by atoms with van der Waals surface area (Å²) in [5, 5.41) is 2.63. The van der Waals surface area contributed by atoms with E-state index in [9.17, 15) is 13.2 Å². The number of carbonyl (C=O) groups excluding carboxylic acids is 1. The van der Waals surface area contributed by atoms with Gasteiger partial charge in [-0.3, -0.25) is 4.79 Å². The molecular formula is C9H19N3O4S. The number of nitrogens with zero attached hydrogens (tertiary/aromatic N) is 1. The molecule has 0 aromatic rings. The van der Waals surface area contributed by atoms with Gasteiger partial charge in [-0.25, -0.2) is 0 Å². The quantitative estimate of drug-likeness (QED) is 0.623. The maximum absolute atomic E-state index is 11.4. The van der Waals surface area contributed by atoms with E-state index >= 15 is 0 Å². The molecule has 2 N–H and O–H groups in total. The van der Waals surface area contributed by atoms with E-state index < -0.39 is 10.2 Å². The van der Waals surface area contributed by atoms with Gasteiger partial charge >= 0.3 is 0 Å². The minimum Gasteiger partial charge on any atom is -0.376 e. The van der Waals surface area contributed by atoms with Crippen molar-refractivity contribution in [3.05, 3.63) is 0 Å². The Morgan fingerprint density at radius 3 is 2.71 bits per heavy atom. The highest BCUT2D eigenvalue weighted by atomic mass is 32.2. The van der Waals surface area contributed by atoms with Crippen molar-refractivity contribution >= 4 is 16.1 Å². The van der Waals surface area contributed by atoms with Crippen molar-refractivity contribution < 1.29 is 17.9 Å². The Morgan fingerprint density at radius 1 is 1.47 bits per heavy atom. The van der Waals surface area contributed by atoms with Crippen molar-refractivity contribution in [3.8, 4) is 0 Å². The van der Waals surface area contributed by atoms with E-state index in [-0.39, 0.29) is 18.6 Å². The molecule has 0 bridgehead atoms. The first-order valence-electron chi connectivity index (χ1n) is 5.47. The molecule has 100 valence electrons. The van der Waals surface area contributed by atoms with E-state index in [1.807, 2.05) is 0 Å². The highest BCUT2D eigenvalue weighted by Crippen LogP contribution is 2.10. The van der Waals surface area contributed by atoms with Crippen LogP contribution in [-0.4, -0.2) is 58.5 Å². The fraction of sp³-hybridized carbons (Fsp3) is 0.889. The lowest BCUT2D eigenvalue weighted by atomic mass is 10.2. The normalized spacial score (nSPS) is 20.8. The molecule has 0 aromatic heterocycles. The van der Waals surface area contributed by atoms with Crippen LogP contribution in [0.2, 0.25) is 0 Å². The van der Waals surface area contributed by atoms with Gasteiger partial charge in [-0.05, 0) is 12.8 Å². The molecule has 8 heteroatoms. The molecule has 0 radical (unpaired) electrons. The summed E-state index contributed by atoms with van der Waals surface area (Å²) < 4.78 is 31.1. The van der Waals surface area contributed by atoms with Crippen molar-refractivity contribution in [1.29, 1.82) is 0 Å². The summed E-state index contributed by atoms with van der Waals surface area (Å²) >= 11 is 0. The van der Waals surface area contributed by atoms with Crippen LogP contribution in [0.5, 0.6) is 0 Å². The van der Waals surface area contributed by atoms with E-state index in [2.05, 4.69) is 10.0 Å². The molecule has 7 nitrogen and oxygen atoms in total. The van der Waals surface area contributed by atoms with Gasteiger partial charge in [-0.2, -0.15) is 17.4 Å². The fourth-order valence-corrected chi connectivity index (χ4v) is 1.95. The van der Waals surface area contributed by atoms with E-state index in [1.165, 1.54) is 14.1 Å². The van der Waals surface area contributed by atoms with Gasteiger partial charge in [0, 0.05) is 27.2 Å². The third-order valence-electron chi connectivity index (χ3n) is 2.45. The molecule has 1 amide bonds. The van der Waals surface area contributed by atoms with Crippen LogP contribution in [0.3, 0.4) is 0 Å². The average molecular weight is 265 g/mol. The van der Waals surface area contributed by atoms with Crippen LogP contribution in [-0.2, 0) is 19.7 Å². The molecule has 0 saturated carbocycles. The number of hydrogen-bond donors (Lipinski definition) is 2. The first-order valence-corrected chi connectivity index (χ1v) is 6.91. The lowest BCUT2D eigenvalue weighted by Crippen LogP contribution is -2.43. The van der Waals surface area contributed by atoms with E-state index in [0.717, 1.165) is 23.8 Å². The molecule has 1 fully saturated rings. The van der Waals surface area contributed by atoms with Gasteiger partial charge in [0.25, 0.3) is 10.2 Å². The van der Waals surface area contributed by atoms with Crippen LogP contribution in [0, 0.1) is 0 Å². The lowest BCUT2D eigenvalue weighted by molar-refractivity contribution is -0.120. The highest BCUT2D eigenvalue weighted by molar-refractivity contribution is 7.87. The number of hydrogen-bond acceptors (Lipinski definition) is 4. The summed E-state index contributed by atoms with van der Waals surface area (Å²) in [5.74, 6) is -0.356. The van der Waals surface area contributed by atoms with Crippen LogP contribution in [0.15, 0.2) is 0 Å². The molecule has 1 aliphatic rings. The first kappa shape index (κ1) is 14.4. The summed E-state index contributed by atoms with van der Waals surface area (Å²) in [4.78, 5) is 11.4. The average Bonchev–Trinajstić information content (AvgIpc) is 2.76. The van der Waals surface area contributed by atoms with E-state index in [1.54, 1.807) is 0 Å². The highest BCUT2D eigenvalue weighted by Gasteiger charge is 2.17. The summed E-state index contributed by atoms with van der Waals surface area (Å²) in [5.41, 5.74) is 0. The van der Waals surface area contributed by atoms with Crippen LogP contribution in [0.25, 0.3) is 0 Å². The van der Waals surface area contributed by atoms with Gasteiger partial charge in [0.1, 0.15) is 0 Å². The predicted molar refractivity (Wildman–Crippen MR) is 62.6 cm³/mol. The standard InChI is InChI=1S/C9H19N3O4S/c1-12(2)17(14,15)11-7-9(13)10-6-8-4-3-5-16-8/h8,11H,3-7H2,1-2H3,(H,10,13). The molecule has 1 heterocycles. The predicted octanol–water partition coefficient (Wildman–Crippen LogP) is -1.32. The second-order valence-electron chi connectivity index (χ2n) is 4.05. The summed E-state index contributed by atoms with van der Waals surface area (Å²) in [7, 11) is -0.748. The molecule has 0 aromatic carbocycles. The number of carbonyl (C=O) groups is 1. The minimum atomic E-state index is -3.54. The third kappa shape index (κ3) is 4.99. The molecule has 1 rings (SSSR count). The second-order valence-corrected chi connectivity index (χ2v) is 6.02. The summed E-state index contributed by atoms with van der Waals surface area (Å²) in [6.07, 6.45) is 2.00. The van der Waals surface area contributed by atoms with E-state index in [4.69, 9.17) is 4.74 Å². The molecule has 1 aliphatic heterocycles. The number of rotatable bonds is 6. The molecular weight excluding hydrogens is 246 g/mol. The Bertz CT molecular complexity index is 349. The Balaban J connectivity index is 2.21. The molecule has 1 unspecified atom stereocenters. The summed E-state index contributed by atoms with van der Waals surface area (Å²) in [6, 6.07) is 0. The van der Waals surface area contributed by atoms with Crippen molar-refractivity contribution in [3.63, 3.8) is 0 Å². The van der Waals surface area contributed by atoms with Gasteiger partial charge < -0.3 is 10.1 Å². The first-order chi connectivity index (χ1) is 7.92. The van der Waals surface area contributed by atoms with Crippen LogP contribution >= 0.6 is 0 Å². The largest absolute Gasteiger partial charge is 0.376 e. The van der Waals surface area contributed by atoms with Crippen molar-refractivity contribution in [2.75, 3.05) is 33.8 Å². The molecule has 17 heavy (non-hydrogen) atoms. The SMILES string of the molecule is CN(C)S(=O)(=O)NCC(=O)NCC1CCCO1. The topological polar surface area (TPSA) is 87.7 Å². The lowest BCUT2D eigenvalue weighted by Gasteiger charge is -2.13. The zero-order valence-corrected chi connectivity index (χ0v) is 10.9. The Morgan fingerprint density at radius 2 is 2.18 bits per heavy atom. The molecule has 0 spiro atoms. The number of ether oxygens (including phenoxy) is 1. The van der Waals surface area contributed by atoms with E-state index in [0.29, 0.717) is 6.54 Å². The monoisotopic (exact) mass is 265 g/mol. The fourth-order valence-electron chi connectivity index (χ4n) is 1.38. The van der Waals surface area contributed by atoms with Crippen LogP contribution in [0.4, 0.5) is 0 Å². The van der Waals surface area contributed by atoms with Crippen LogP contribution in [0.1, 0.15) is 12.8 Å². The second kappa shape index (κ2) is 6.29. The molecule has 1 saturated heterocycles. The van der Waals surface area contributed by atoms with Crippen LogP contribution < -0.4 is 10.0 Å². The maximum Gasteiger partial charge on any atom is 0.279 e. The zero-order chi connectivity index (χ0) is 12.9. The van der Waals surface area contributed by atoms with Gasteiger partial charge in [-0.15, -0.1) is 0 Å². The van der Waals surface area contributed by atoms with Gasteiger partial charge in [0.15, 0.2) is 0 Å². The van der Waals surface area contributed by atoms with Gasteiger partial charge in [-0.1, -0.05) is 0 Å². The number of amides is 1. The maximum atomic E-state index is 11.4. The minimum absolute atomic E-state index is 0.0596. The van der Waals surface area contributed by atoms with Crippen molar-refractivity contribution in [2.24, 2.45) is 0 Å². The van der Waals surface area contributed by atoms with Gasteiger partial charge in [0.05, 0.1) is 12.6 Å². The van der Waals surface area contributed by atoms with Crippen molar-refractivity contribution in [1.82, 2.24) is 14.3 Å². The number of nitrogens with one attached hydrogen (secondary N) is 2. The Labute approximate surface area is 102 Å². The third-order valence-corrected chi connectivity index (χ3v) is 3.92. The van der Waals surface area contributed by atoms with Crippen molar-refractivity contribution in [2.45, 2.75) is 18.9 Å². The Kier molecular flexibility index (Phi) is 5.31. The smallest absolute Gasteiger partial charge is 0.279 e. The van der Waals surface area contributed by atoms with Gasteiger partial charge in [0.2, 0.25) is 5.91 Å². The molecule has 1 atom stereocenters. The summed E-state index contributed by atoms with van der Waals surface area (Å²) in [6.45, 7) is 0.906. The Hall–Kier alpha value is -0.700. The molecule has 0 aliphatic carbocycles.